The van der Waals surface area contributed by atoms with E-state index in [0.29, 0.717) is 53.4 Å². The van der Waals surface area contributed by atoms with E-state index in [-0.39, 0.29) is 125 Å². The van der Waals surface area contributed by atoms with Crippen LogP contribution in [-0.4, -0.2) is 132 Å². The van der Waals surface area contributed by atoms with E-state index < -0.39 is 99.6 Å². The molecule has 0 aliphatic carbocycles. The molecule has 12 rings (SSSR count). The predicted molar refractivity (Wildman–Crippen MR) is 461 cm³/mol. The minimum atomic E-state index is -4.91. The van der Waals surface area contributed by atoms with Gasteiger partial charge in [-0.25, -0.2) is 62.4 Å². The summed E-state index contributed by atoms with van der Waals surface area (Å²) in [7, 11) is 1.34. The third-order valence-corrected chi connectivity index (χ3v) is 18.6. The molecule has 0 atom stereocenters. The highest BCUT2D eigenvalue weighted by atomic mass is 79.9. The van der Waals surface area contributed by atoms with Crippen LogP contribution < -0.4 is 42.5 Å². The summed E-state index contributed by atoms with van der Waals surface area (Å²) in [6.45, 7) is 40.0. The second kappa shape index (κ2) is 41.8. The van der Waals surface area contributed by atoms with E-state index >= 15 is 0 Å². The normalized spacial score (nSPS) is 10.7. The Bertz CT molecular complexity index is 6570. The summed E-state index contributed by atoms with van der Waals surface area (Å²) in [6, 6.07) is 30.1. The average Bonchev–Trinajstić information content (AvgIpc) is 1.71. The SMILES string of the molecule is [C-]#[N+]c1cc(C)c(NC(=O)c2cc(Br)nn2-c2ncccc2Cl)c(C(=O)NCC#N)c1.[C-]#[N+]c1cc(C)c(NC(=O)c2cc(C(F)(F)F)nn2-c2ncccc2Cl)c(C(=O)NC(C)(C)C)c1.[C-]#[N+]c1cc(C)c(NC(=O)c2cc(C(F)(F)F)nn2-c2ncccc2F)c(C(=O)NC)c1.[C-]#[N+]c1cc(C)c(NC(=O)c2cc(Cl)nn2-c2ncccc2Cl)c(C(=O)NCC#N)c1. The van der Waals surface area contributed by atoms with E-state index in [0.717, 1.165) is 12.3 Å². The number of carbonyl (C=O) groups is 8. The number of anilines is 4. The van der Waals surface area contributed by atoms with Crippen molar-refractivity contribution in [2.75, 3.05) is 41.4 Å². The van der Waals surface area contributed by atoms with Crippen molar-refractivity contribution in [3.05, 3.63) is 301 Å². The third kappa shape index (κ3) is 23.8. The number of rotatable bonds is 18. The van der Waals surface area contributed by atoms with Crippen molar-refractivity contribution in [3.63, 3.8) is 0 Å². The lowest BCUT2D eigenvalue weighted by atomic mass is 10.0. The largest absolute Gasteiger partial charge is 0.435 e. The molecule has 34 nitrogen and oxygen atoms in total. The molecule has 46 heteroatoms. The van der Waals surface area contributed by atoms with Crippen molar-refractivity contribution in [1.29, 1.82) is 10.5 Å². The number of nitrogens with one attached hydrogen (secondary N) is 8. The Hall–Kier alpha value is -15.8. The van der Waals surface area contributed by atoms with Crippen molar-refractivity contribution in [2.24, 2.45) is 0 Å². The number of hydrogen-bond donors (Lipinski definition) is 8. The van der Waals surface area contributed by atoms with Gasteiger partial charge >= 0.3 is 12.4 Å². The molecule has 0 saturated heterocycles. The Balaban J connectivity index is 0.000000194. The van der Waals surface area contributed by atoms with Crippen molar-refractivity contribution in [1.82, 2.24) is 80.3 Å². The van der Waals surface area contributed by atoms with Crippen molar-refractivity contribution in [3.8, 4) is 35.4 Å². The number of alkyl halides is 6. The summed E-state index contributed by atoms with van der Waals surface area (Å²) in [5.74, 6) is -7.02. The molecule has 0 spiro atoms. The minimum absolute atomic E-state index is 0.0164. The topological polar surface area (TPSA) is 421 Å². The van der Waals surface area contributed by atoms with Crippen LogP contribution in [0.2, 0.25) is 20.2 Å². The molecular weight excluding hydrogens is 1840 g/mol. The van der Waals surface area contributed by atoms with Crippen molar-refractivity contribution < 1.29 is 69.1 Å². The maximum Gasteiger partial charge on any atom is 0.435 e. The second-order valence-corrected chi connectivity index (χ2v) is 29.8. The Kier molecular flexibility index (Phi) is 31.4. The van der Waals surface area contributed by atoms with Gasteiger partial charge in [0.25, 0.3) is 47.3 Å². The fourth-order valence-electron chi connectivity index (χ4n) is 11.6. The van der Waals surface area contributed by atoms with Crippen LogP contribution in [0.3, 0.4) is 0 Å². The highest BCUT2D eigenvalue weighted by molar-refractivity contribution is 9.10. The molecular formula is C83H60BrCl4F7N26O8. The quantitative estimate of drug-likeness (QED) is 0.0225. The number of halogens is 12. The second-order valence-electron chi connectivity index (χ2n) is 27.4. The Morgan fingerprint density at radius 1 is 0.426 bits per heavy atom. The van der Waals surface area contributed by atoms with Gasteiger partial charge in [-0.05, 0) is 159 Å². The van der Waals surface area contributed by atoms with Gasteiger partial charge in [0.15, 0.2) is 68.4 Å². The third-order valence-electron chi connectivity index (χ3n) is 17.1. The van der Waals surface area contributed by atoms with Crippen LogP contribution in [0.4, 0.5) is 76.2 Å². The number of nitriles is 2. The number of carbonyl (C=O) groups excluding carboxylic acids is 8. The summed E-state index contributed by atoms with van der Waals surface area (Å²) in [5, 5.41) is 53.3. The molecule has 654 valence electrons. The van der Waals surface area contributed by atoms with Gasteiger partial charge in [-0.1, -0.05) is 70.7 Å². The van der Waals surface area contributed by atoms with Gasteiger partial charge in [-0.15, -0.1) is 0 Å². The minimum Gasteiger partial charge on any atom is -0.355 e. The lowest BCUT2D eigenvalue weighted by Crippen LogP contribution is -2.41. The maximum absolute atomic E-state index is 14.2. The number of nitrogens with zero attached hydrogens (tertiary/aromatic N) is 18. The molecule has 0 bridgehead atoms. The van der Waals surface area contributed by atoms with Crippen LogP contribution in [0, 0.1) is 82.5 Å². The van der Waals surface area contributed by atoms with Crippen LogP contribution in [0.15, 0.2) is 151 Å². The van der Waals surface area contributed by atoms with Gasteiger partial charge in [0, 0.05) is 61.6 Å². The van der Waals surface area contributed by atoms with Gasteiger partial charge in [0.2, 0.25) is 0 Å². The predicted octanol–water partition coefficient (Wildman–Crippen LogP) is 17.5. The summed E-state index contributed by atoms with van der Waals surface area (Å²) >= 11 is 27.7. The van der Waals surface area contributed by atoms with Crippen LogP contribution in [0.1, 0.15) is 138 Å². The summed E-state index contributed by atoms with van der Waals surface area (Å²) in [4.78, 5) is 132. The van der Waals surface area contributed by atoms with Gasteiger partial charge in [0.05, 0.1) is 98.5 Å². The lowest BCUT2D eigenvalue weighted by Gasteiger charge is -2.22. The molecule has 0 unspecified atom stereocenters. The molecule has 0 fully saturated rings. The lowest BCUT2D eigenvalue weighted by molar-refractivity contribution is -0.142. The van der Waals surface area contributed by atoms with Gasteiger partial charge in [-0.3, -0.25) is 38.4 Å². The zero-order chi connectivity index (χ0) is 94.8. The monoisotopic (exact) mass is 1900 g/mol. The van der Waals surface area contributed by atoms with E-state index in [1.807, 2.05) is 6.07 Å². The Labute approximate surface area is 754 Å². The van der Waals surface area contributed by atoms with Crippen LogP contribution in [0.5, 0.6) is 0 Å². The van der Waals surface area contributed by atoms with Gasteiger partial charge < -0.3 is 42.5 Å². The molecule has 12 aromatic rings. The fourth-order valence-corrected chi connectivity index (χ4v) is 12.7. The average molecular weight is 1900 g/mol. The number of pyridine rings is 4. The number of benzene rings is 4. The molecule has 0 saturated carbocycles. The van der Waals surface area contributed by atoms with E-state index in [9.17, 15) is 69.1 Å². The van der Waals surface area contributed by atoms with Crippen LogP contribution >= 0.6 is 62.3 Å². The molecule has 0 radical (unpaired) electrons. The zero-order valence-corrected chi connectivity index (χ0v) is 72.2. The first-order valence-corrected chi connectivity index (χ1v) is 38.8. The van der Waals surface area contributed by atoms with E-state index in [1.165, 1.54) is 115 Å². The Morgan fingerprint density at radius 3 is 1.05 bits per heavy atom. The molecule has 8 aromatic heterocycles. The first kappa shape index (κ1) is 97.0. The maximum atomic E-state index is 14.2. The number of amides is 8. The van der Waals surface area contributed by atoms with Crippen LogP contribution in [-0.2, 0) is 12.4 Å². The fraction of sp³-hybridized carbons (Fsp3) is 0.157. The molecule has 0 aliphatic heterocycles. The first-order valence-electron chi connectivity index (χ1n) is 36.5. The molecule has 8 amide bonds. The molecule has 129 heavy (non-hydrogen) atoms. The van der Waals surface area contributed by atoms with E-state index in [1.54, 1.807) is 77.9 Å². The zero-order valence-electron chi connectivity index (χ0n) is 67.6. The van der Waals surface area contributed by atoms with Crippen molar-refractivity contribution in [2.45, 2.75) is 66.4 Å². The summed E-state index contributed by atoms with van der Waals surface area (Å²) < 4.78 is 98.2. The number of aromatic nitrogens is 12. The van der Waals surface area contributed by atoms with Crippen LogP contribution in [0.25, 0.3) is 42.7 Å². The number of hydrogen-bond acceptors (Lipinski definition) is 18. The number of aryl methyl sites for hydroxylation is 4. The Morgan fingerprint density at radius 2 is 0.729 bits per heavy atom. The molecule has 8 N–H and O–H groups in total. The van der Waals surface area contributed by atoms with Gasteiger partial charge in [0.1, 0.15) is 40.5 Å². The summed E-state index contributed by atoms with van der Waals surface area (Å²) in [5.41, 5.74) is -1.58. The van der Waals surface area contributed by atoms with Crippen molar-refractivity contribution >= 4 is 155 Å². The first-order chi connectivity index (χ1) is 61.0. The smallest absolute Gasteiger partial charge is 0.355 e. The molecule has 4 aromatic carbocycles. The highest BCUT2D eigenvalue weighted by Gasteiger charge is 2.39. The van der Waals surface area contributed by atoms with E-state index in [4.69, 9.17) is 83.2 Å². The molecule has 8 heterocycles. The highest BCUT2D eigenvalue weighted by Crippen LogP contribution is 2.38. The standard InChI is InChI=1S/C23H20ClF3N6O2.C20H13BrClN7O2.C20H13Cl2N7O2.C20H14F4N6O2/c1-12-9-13(28-5)10-14(20(34)31-22(2,3)4)18(12)30-21(35)16-11-17(23(25,26)27)32-33(16)19-15(24)7-6-8-29-19;1-11-8-12(24-2)9-13(19(30)26-7-5-23)17(11)27-20(31)15-10-16(21)28-29(15)18-14(22)4-3-6-25-18;1-11-8-12(24-2)9-13(19(30)26-7-5-23)17(11)27-20(31)15-10-16(22)28-29(15)18-14(21)4-3-6-25-18;1-10-7-11(25-2)8-12(18(31)26-3)16(10)28-19(32)14-9-15(20(22,23)24)29-30(14)17-13(21)5-4-6-27-17/h6-11H,1-4H3,(H,30,35)(H,31,34);2*3-4,6,8-10H,7H2,1H3,(H,26,30)(H,27,31);4-9H,1,3H3,(H,26,31)(H,28,32). The van der Waals surface area contributed by atoms with Gasteiger partial charge in [-0.2, -0.15) is 57.3 Å². The molecule has 0 aliphatic rings. The summed E-state index contributed by atoms with van der Waals surface area (Å²) in [6.07, 6.45) is -4.32. The van der Waals surface area contributed by atoms with E-state index in [2.05, 4.69) is 118 Å².